The third kappa shape index (κ3) is 6.48. The third-order valence-corrected chi connectivity index (χ3v) is 9.63. The first-order valence-corrected chi connectivity index (χ1v) is 13.5. The summed E-state index contributed by atoms with van der Waals surface area (Å²) in [5, 5.41) is 18.3. The Labute approximate surface area is 194 Å². The van der Waals surface area contributed by atoms with Crippen molar-refractivity contribution in [3.05, 3.63) is 0 Å². The van der Waals surface area contributed by atoms with Gasteiger partial charge in [-0.15, -0.1) is 0 Å². The molecule has 0 amide bonds. The minimum atomic E-state index is -0.925. The molecule has 0 bridgehead atoms. The fourth-order valence-corrected chi connectivity index (χ4v) is 7.01. The van der Waals surface area contributed by atoms with Crippen molar-refractivity contribution in [2.45, 2.75) is 128 Å². The van der Waals surface area contributed by atoms with Crippen molar-refractivity contribution in [3.8, 4) is 0 Å². The second-order valence-electron chi connectivity index (χ2n) is 11.8. The first kappa shape index (κ1) is 25.5. The van der Waals surface area contributed by atoms with Crippen LogP contribution in [0.15, 0.2) is 0 Å². The maximum absolute atomic E-state index is 11.2. The molecule has 5 heteroatoms. The van der Waals surface area contributed by atoms with Crippen LogP contribution in [0.5, 0.6) is 0 Å². The molecule has 0 heterocycles. The molecule has 4 fully saturated rings. The molecule has 4 saturated carbocycles. The van der Waals surface area contributed by atoms with Crippen LogP contribution in [0.1, 0.15) is 122 Å². The van der Waals surface area contributed by atoms with E-state index in [-0.39, 0.29) is 0 Å². The van der Waals surface area contributed by atoms with Gasteiger partial charge in [-0.05, 0) is 82.0 Å². The van der Waals surface area contributed by atoms with Crippen molar-refractivity contribution in [1.29, 1.82) is 0 Å². The Balaban J connectivity index is 0.000000181. The molecule has 4 aliphatic carbocycles. The van der Waals surface area contributed by atoms with E-state index in [1.807, 2.05) is 6.92 Å². The summed E-state index contributed by atoms with van der Waals surface area (Å²) in [6, 6.07) is 0. The van der Waals surface area contributed by atoms with Gasteiger partial charge in [-0.3, -0.25) is 9.59 Å². The average Bonchev–Trinajstić information content (AvgIpc) is 2.81. The highest BCUT2D eigenvalue weighted by Crippen LogP contribution is 2.45. The van der Waals surface area contributed by atoms with E-state index < -0.39 is 22.9 Å². The monoisotopic (exact) mass is 449 g/mol. The maximum atomic E-state index is 11.2. The van der Waals surface area contributed by atoms with Crippen LogP contribution in [0.3, 0.4) is 0 Å². The Morgan fingerprint density at radius 1 is 0.594 bits per heavy atom. The Hall–Kier alpha value is -1.10. The molecule has 5 nitrogen and oxygen atoms in total. The van der Waals surface area contributed by atoms with Crippen LogP contribution in [0, 0.1) is 29.1 Å². The fraction of sp³-hybridized carbons (Fsp3) is 0.926. The number of hydrogen-bond acceptors (Lipinski definition) is 3. The minimum Gasteiger partial charge on any atom is -0.481 e. The number of carboxylic acid groups (broad SMARTS) is 2. The van der Waals surface area contributed by atoms with Crippen molar-refractivity contribution in [1.82, 2.24) is 0 Å². The molecule has 184 valence electrons. The lowest BCUT2D eigenvalue weighted by Crippen LogP contribution is -2.51. The number of carbonyl (C=O) groups is 2. The van der Waals surface area contributed by atoms with E-state index in [0.29, 0.717) is 12.8 Å². The summed E-state index contributed by atoms with van der Waals surface area (Å²) in [6.45, 7) is 1.92. The molecular weight excluding hydrogens is 402 g/mol. The van der Waals surface area contributed by atoms with E-state index in [0.717, 1.165) is 62.2 Å². The maximum Gasteiger partial charge on any atom is 0.323 e. The molecule has 0 aromatic rings. The van der Waals surface area contributed by atoms with E-state index in [2.05, 4.69) is 0 Å². The molecule has 4 N–H and O–H groups in total. The van der Waals surface area contributed by atoms with Gasteiger partial charge in [-0.2, -0.15) is 0 Å². The van der Waals surface area contributed by atoms with E-state index in [9.17, 15) is 14.7 Å². The number of hydrogen-bond donors (Lipinski definition) is 3. The summed E-state index contributed by atoms with van der Waals surface area (Å²) in [4.78, 5) is 22.2. The van der Waals surface area contributed by atoms with Crippen LogP contribution >= 0.6 is 0 Å². The first-order chi connectivity index (χ1) is 15.2. The van der Waals surface area contributed by atoms with Gasteiger partial charge in [0.05, 0.1) is 5.41 Å². The lowest BCUT2D eigenvalue weighted by atomic mass is 9.66. The van der Waals surface area contributed by atoms with Crippen molar-refractivity contribution in [3.63, 3.8) is 0 Å². The summed E-state index contributed by atoms with van der Waals surface area (Å²) in [5.74, 6) is 1.94. The van der Waals surface area contributed by atoms with Crippen molar-refractivity contribution < 1.29 is 19.8 Å². The molecule has 32 heavy (non-hydrogen) atoms. The zero-order valence-corrected chi connectivity index (χ0v) is 20.3. The fourth-order valence-electron chi connectivity index (χ4n) is 7.01. The summed E-state index contributed by atoms with van der Waals surface area (Å²) in [6.07, 6.45) is 21.3. The van der Waals surface area contributed by atoms with Gasteiger partial charge in [0.15, 0.2) is 0 Å². The van der Waals surface area contributed by atoms with E-state index in [4.69, 9.17) is 10.8 Å². The standard InChI is InChI=1S/C14H24O2.C13H23NO2/c1-14(13(15)16)9-7-12(8-10-14)11-5-3-2-4-6-11;14-13(12(15)16)8-6-11(7-9-13)10-4-2-1-3-5-10/h11-12H,2-10H2,1H3,(H,15,16);10-11H,1-9,14H2,(H,15,16). The highest BCUT2D eigenvalue weighted by Gasteiger charge is 2.41. The van der Waals surface area contributed by atoms with Gasteiger partial charge in [0.1, 0.15) is 5.54 Å². The Bertz CT molecular complexity index is 551. The third-order valence-electron chi connectivity index (χ3n) is 9.63. The molecule has 0 saturated heterocycles. The van der Waals surface area contributed by atoms with Gasteiger partial charge >= 0.3 is 11.9 Å². The highest BCUT2D eigenvalue weighted by atomic mass is 16.4. The predicted molar refractivity (Wildman–Crippen MR) is 127 cm³/mol. The molecule has 0 spiro atoms. The van der Waals surface area contributed by atoms with Crippen LogP contribution in [0.4, 0.5) is 0 Å². The predicted octanol–water partition coefficient (Wildman–Crippen LogP) is 6.39. The molecular formula is C27H47NO4. The van der Waals surface area contributed by atoms with Crippen molar-refractivity contribution in [2.75, 3.05) is 0 Å². The van der Waals surface area contributed by atoms with Gasteiger partial charge in [0.25, 0.3) is 0 Å². The van der Waals surface area contributed by atoms with Crippen LogP contribution in [-0.4, -0.2) is 27.7 Å². The van der Waals surface area contributed by atoms with E-state index in [1.165, 1.54) is 64.2 Å². The van der Waals surface area contributed by atoms with Crippen molar-refractivity contribution >= 4 is 11.9 Å². The molecule has 4 rings (SSSR count). The van der Waals surface area contributed by atoms with Crippen LogP contribution in [0.2, 0.25) is 0 Å². The molecule has 0 aliphatic heterocycles. The number of nitrogens with two attached hydrogens (primary N) is 1. The summed E-state index contributed by atoms with van der Waals surface area (Å²) >= 11 is 0. The summed E-state index contributed by atoms with van der Waals surface area (Å²) in [7, 11) is 0. The molecule has 0 radical (unpaired) electrons. The SMILES string of the molecule is CC1(C(=O)O)CCC(C2CCCCC2)CC1.NC1(C(=O)O)CCC(C2CCCCC2)CC1. The molecule has 0 aromatic carbocycles. The lowest BCUT2D eigenvalue weighted by molar-refractivity contribution is -0.150. The molecule has 4 aliphatic rings. The van der Waals surface area contributed by atoms with E-state index in [1.54, 1.807) is 0 Å². The van der Waals surface area contributed by atoms with Gasteiger partial charge < -0.3 is 15.9 Å². The number of rotatable bonds is 4. The second-order valence-corrected chi connectivity index (χ2v) is 11.8. The van der Waals surface area contributed by atoms with Gasteiger partial charge in [-0.1, -0.05) is 64.2 Å². The lowest BCUT2D eigenvalue weighted by Gasteiger charge is -2.38. The van der Waals surface area contributed by atoms with Gasteiger partial charge in [0.2, 0.25) is 0 Å². The van der Waals surface area contributed by atoms with E-state index >= 15 is 0 Å². The summed E-state index contributed by atoms with van der Waals surface area (Å²) in [5.41, 5.74) is 4.54. The Kier molecular flexibility index (Phi) is 9.05. The average molecular weight is 450 g/mol. The van der Waals surface area contributed by atoms with Gasteiger partial charge in [-0.25, -0.2) is 0 Å². The Morgan fingerprint density at radius 3 is 1.28 bits per heavy atom. The zero-order valence-electron chi connectivity index (χ0n) is 20.3. The quantitative estimate of drug-likeness (QED) is 0.462. The number of carboxylic acids is 2. The Morgan fingerprint density at radius 2 is 0.938 bits per heavy atom. The normalized spacial score (nSPS) is 37.2. The minimum absolute atomic E-state index is 0.425. The zero-order chi connectivity index (χ0) is 23.2. The summed E-state index contributed by atoms with van der Waals surface area (Å²) < 4.78 is 0. The van der Waals surface area contributed by atoms with Crippen molar-refractivity contribution in [2.24, 2.45) is 34.8 Å². The first-order valence-electron chi connectivity index (χ1n) is 13.5. The highest BCUT2D eigenvalue weighted by molar-refractivity contribution is 5.78. The largest absolute Gasteiger partial charge is 0.481 e. The number of aliphatic carboxylic acids is 2. The van der Waals surface area contributed by atoms with Gasteiger partial charge in [0, 0.05) is 0 Å². The topological polar surface area (TPSA) is 101 Å². The van der Waals surface area contributed by atoms with Crippen LogP contribution in [-0.2, 0) is 9.59 Å². The second kappa shape index (κ2) is 11.4. The molecule has 0 atom stereocenters. The van der Waals surface area contributed by atoms with Crippen LogP contribution < -0.4 is 5.73 Å². The molecule has 0 unspecified atom stereocenters. The van der Waals surface area contributed by atoms with Crippen LogP contribution in [0.25, 0.3) is 0 Å². The molecule has 0 aromatic heterocycles. The smallest absolute Gasteiger partial charge is 0.323 e.